The van der Waals surface area contributed by atoms with Crippen LogP contribution in [0.5, 0.6) is 0 Å². The smallest absolute Gasteiger partial charge is 0.272 e. The third kappa shape index (κ3) is 3.79. The van der Waals surface area contributed by atoms with Gasteiger partial charge in [0.05, 0.1) is 42.6 Å². The van der Waals surface area contributed by atoms with Crippen LogP contribution in [0.4, 0.5) is 4.39 Å². The first-order chi connectivity index (χ1) is 15.7. The topological polar surface area (TPSA) is 73.1 Å². The number of ether oxygens (including phenoxy) is 1. The Morgan fingerprint density at radius 2 is 2.06 bits per heavy atom. The Hall–Kier alpha value is -3.13. The summed E-state index contributed by atoms with van der Waals surface area (Å²) in [5, 5.41) is 4.70. The maximum absolute atomic E-state index is 14.2. The molecule has 1 saturated heterocycles. The summed E-state index contributed by atoms with van der Waals surface area (Å²) in [5.74, 6) is -0.355. The van der Waals surface area contributed by atoms with Crippen molar-refractivity contribution in [2.75, 3.05) is 19.7 Å². The molecule has 5 rings (SSSR count). The van der Waals surface area contributed by atoms with E-state index in [0.29, 0.717) is 48.9 Å². The summed E-state index contributed by atoms with van der Waals surface area (Å²) in [6.45, 7) is 3.97. The fourth-order valence-corrected chi connectivity index (χ4v) is 4.57. The van der Waals surface area contributed by atoms with Gasteiger partial charge in [0.1, 0.15) is 17.6 Å². The summed E-state index contributed by atoms with van der Waals surface area (Å²) in [4.78, 5) is 24.2. The minimum atomic E-state index is -0.416. The second-order valence-corrected chi connectivity index (χ2v) is 8.22. The fraction of sp³-hybridized carbons (Fsp3) is 0.417. The predicted octanol–water partition coefficient (Wildman–Crippen LogP) is 3.59. The van der Waals surface area contributed by atoms with E-state index in [1.807, 2.05) is 16.5 Å². The number of hydrogen-bond acceptors (Lipinski definition) is 5. The zero-order valence-corrected chi connectivity index (χ0v) is 18.1. The van der Waals surface area contributed by atoms with Gasteiger partial charge < -0.3 is 9.64 Å². The molecule has 2 aromatic heterocycles. The zero-order valence-electron chi connectivity index (χ0n) is 18.1. The predicted molar refractivity (Wildman–Crippen MR) is 117 cm³/mol. The van der Waals surface area contributed by atoms with Crippen molar-refractivity contribution in [3.8, 4) is 11.3 Å². The van der Waals surface area contributed by atoms with Gasteiger partial charge in [0.15, 0.2) is 0 Å². The summed E-state index contributed by atoms with van der Waals surface area (Å²) in [6, 6.07) is 6.49. The molecule has 1 aliphatic heterocycles. The van der Waals surface area contributed by atoms with Gasteiger partial charge in [-0.15, -0.1) is 0 Å². The van der Waals surface area contributed by atoms with Crippen molar-refractivity contribution in [3.63, 3.8) is 0 Å². The van der Waals surface area contributed by atoms with Crippen LogP contribution in [0.25, 0.3) is 11.3 Å². The van der Waals surface area contributed by atoms with Gasteiger partial charge in [0, 0.05) is 24.2 Å². The number of carbonyl (C=O) groups excluding carboxylic acids is 1. The molecule has 0 radical (unpaired) electrons. The minimum Gasteiger partial charge on any atom is -0.368 e. The van der Waals surface area contributed by atoms with Crippen LogP contribution in [0, 0.1) is 5.82 Å². The summed E-state index contributed by atoms with van der Waals surface area (Å²) < 4.78 is 22.0. The lowest BCUT2D eigenvalue weighted by atomic mass is 9.95. The molecular formula is C24H26FN5O2. The van der Waals surface area contributed by atoms with E-state index in [-0.39, 0.29) is 11.7 Å². The Morgan fingerprint density at radius 3 is 2.91 bits per heavy atom. The van der Waals surface area contributed by atoms with Crippen molar-refractivity contribution in [2.45, 2.75) is 45.3 Å². The molecule has 32 heavy (non-hydrogen) atoms. The van der Waals surface area contributed by atoms with E-state index in [0.717, 1.165) is 36.9 Å². The van der Waals surface area contributed by atoms with Crippen molar-refractivity contribution < 1.29 is 13.9 Å². The first kappa shape index (κ1) is 20.8. The lowest BCUT2D eigenvalue weighted by molar-refractivity contribution is -0.0252. The molecule has 0 saturated carbocycles. The van der Waals surface area contributed by atoms with E-state index in [1.165, 1.54) is 6.07 Å². The molecule has 8 heteroatoms. The van der Waals surface area contributed by atoms with Crippen molar-refractivity contribution in [1.29, 1.82) is 0 Å². The molecule has 0 bridgehead atoms. The van der Waals surface area contributed by atoms with Crippen LogP contribution in [0.2, 0.25) is 0 Å². The molecule has 3 aromatic rings. The molecule has 1 aliphatic carbocycles. The van der Waals surface area contributed by atoms with Crippen molar-refractivity contribution >= 4 is 5.91 Å². The Balaban J connectivity index is 1.40. The zero-order chi connectivity index (χ0) is 22.1. The van der Waals surface area contributed by atoms with E-state index in [4.69, 9.17) is 9.84 Å². The molecular weight excluding hydrogens is 409 g/mol. The fourth-order valence-electron chi connectivity index (χ4n) is 4.57. The van der Waals surface area contributed by atoms with Crippen LogP contribution >= 0.6 is 0 Å². The standard InChI is InChI=1S/C24H26FN5O2/c1-2-30-23(17-8-4-6-10-19(17)28-30)24(31)29-11-12-32-22(15-29)21-14-26-13-20(27-21)16-7-3-5-9-18(16)25/h3,5,7,9,13-14,22H,2,4,6,8,10-12,15H2,1H3. The van der Waals surface area contributed by atoms with Gasteiger partial charge in [-0.3, -0.25) is 14.5 Å². The molecule has 1 fully saturated rings. The number of hydrogen-bond donors (Lipinski definition) is 0. The third-order valence-electron chi connectivity index (χ3n) is 6.21. The van der Waals surface area contributed by atoms with Crippen molar-refractivity contribution in [2.24, 2.45) is 0 Å². The van der Waals surface area contributed by atoms with Gasteiger partial charge >= 0.3 is 0 Å². The van der Waals surface area contributed by atoms with E-state index in [9.17, 15) is 9.18 Å². The molecule has 3 heterocycles. The first-order valence-corrected chi connectivity index (χ1v) is 11.2. The molecule has 1 aromatic carbocycles. The van der Waals surface area contributed by atoms with Crippen LogP contribution < -0.4 is 0 Å². The number of fused-ring (bicyclic) bond motifs is 1. The lowest BCUT2D eigenvalue weighted by Gasteiger charge is -2.33. The number of aryl methyl sites for hydroxylation is 2. The van der Waals surface area contributed by atoms with Crippen LogP contribution in [0.1, 0.15) is 53.3 Å². The second-order valence-electron chi connectivity index (χ2n) is 8.22. The van der Waals surface area contributed by atoms with Gasteiger partial charge in [0.25, 0.3) is 5.91 Å². The van der Waals surface area contributed by atoms with Crippen LogP contribution in [-0.4, -0.2) is 50.3 Å². The second kappa shape index (κ2) is 8.78. The number of nitrogens with zero attached hydrogens (tertiary/aromatic N) is 5. The maximum atomic E-state index is 14.2. The highest BCUT2D eigenvalue weighted by molar-refractivity contribution is 5.94. The summed E-state index contributed by atoms with van der Waals surface area (Å²) >= 11 is 0. The third-order valence-corrected chi connectivity index (χ3v) is 6.21. The Kier molecular flexibility index (Phi) is 5.70. The number of rotatable bonds is 4. The number of aromatic nitrogens is 4. The molecule has 7 nitrogen and oxygen atoms in total. The average molecular weight is 436 g/mol. The number of morpholine rings is 1. The van der Waals surface area contributed by atoms with Crippen molar-refractivity contribution in [3.05, 3.63) is 65.1 Å². The quantitative estimate of drug-likeness (QED) is 0.626. The number of carbonyl (C=O) groups is 1. The average Bonchev–Trinajstić information content (AvgIpc) is 3.23. The molecule has 0 N–H and O–H groups in total. The van der Waals surface area contributed by atoms with Gasteiger partial charge in [0.2, 0.25) is 0 Å². The molecule has 2 aliphatic rings. The monoisotopic (exact) mass is 435 g/mol. The summed E-state index contributed by atoms with van der Waals surface area (Å²) in [5.41, 5.74) is 4.32. The van der Waals surface area contributed by atoms with Crippen LogP contribution in [-0.2, 0) is 24.1 Å². The molecule has 166 valence electrons. The largest absolute Gasteiger partial charge is 0.368 e. The highest BCUT2D eigenvalue weighted by Gasteiger charge is 2.32. The van der Waals surface area contributed by atoms with Gasteiger partial charge in [-0.25, -0.2) is 9.37 Å². The van der Waals surface area contributed by atoms with Gasteiger partial charge in [-0.05, 0) is 44.7 Å². The van der Waals surface area contributed by atoms with Crippen LogP contribution in [0.15, 0.2) is 36.7 Å². The highest BCUT2D eigenvalue weighted by Crippen LogP contribution is 2.28. The van der Waals surface area contributed by atoms with Gasteiger partial charge in [-0.2, -0.15) is 5.10 Å². The van der Waals surface area contributed by atoms with Crippen LogP contribution in [0.3, 0.4) is 0 Å². The molecule has 0 spiro atoms. The molecule has 1 unspecified atom stereocenters. The Bertz CT molecular complexity index is 1150. The molecule has 1 atom stereocenters. The number of halogens is 1. The lowest BCUT2D eigenvalue weighted by Crippen LogP contribution is -2.43. The Labute approximate surface area is 186 Å². The molecule has 1 amide bonds. The number of amides is 1. The van der Waals surface area contributed by atoms with E-state index in [1.54, 1.807) is 30.6 Å². The van der Waals surface area contributed by atoms with Crippen molar-refractivity contribution in [1.82, 2.24) is 24.6 Å². The number of benzene rings is 1. The SMILES string of the molecule is CCn1nc2c(c1C(=O)N1CCOC(c3cncc(-c4ccccc4F)n3)C1)CCCC2. The maximum Gasteiger partial charge on any atom is 0.272 e. The first-order valence-electron chi connectivity index (χ1n) is 11.2. The summed E-state index contributed by atoms with van der Waals surface area (Å²) in [6.07, 6.45) is 6.81. The van der Waals surface area contributed by atoms with E-state index >= 15 is 0 Å². The summed E-state index contributed by atoms with van der Waals surface area (Å²) in [7, 11) is 0. The Morgan fingerprint density at radius 1 is 1.22 bits per heavy atom. The minimum absolute atomic E-state index is 0.00554. The van der Waals surface area contributed by atoms with E-state index < -0.39 is 6.10 Å². The van der Waals surface area contributed by atoms with E-state index in [2.05, 4.69) is 9.97 Å². The normalized spacial score (nSPS) is 18.4. The van der Waals surface area contributed by atoms with Gasteiger partial charge in [-0.1, -0.05) is 12.1 Å². The highest BCUT2D eigenvalue weighted by atomic mass is 19.1.